The van der Waals surface area contributed by atoms with Gasteiger partial charge in [0.15, 0.2) is 0 Å². The molecule has 3 N–H and O–H groups in total. The zero-order chi connectivity index (χ0) is 13.8. The van der Waals surface area contributed by atoms with Crippen LogP contribution in [0.3, 0.4) is 0 Å². The van der Waals surface area contributed by atoms with Gasteiger partial charge in [-0.05, 0) is 12.3 Å². The van der Waals surface area contributed by atoms with Gasteiger partial charge in [-0.1, -0.05) is 26.7 Å². The Kier molecular flexibility index (Phi) is 11.0. The van der Waals surface area contributed by atoms with Crippen molar-refractivity contribution in [2.75, 3.05) is 33.4 Å². The number of hydrogen-bond donors (Lipinski definition) is 3. The van der Waals surface area contributed by atoms with Crippen molar-refractivity contribution in [1.82, 2.24) is 10.6 Å². The molecule has 0 fully saturated rings. The molecular weight excluding hydrogens is 232 g/mol. The first kappa shape index (κ1) is 17.4. The molecule has 0 heterocycles. The van der Waals surface area contributed by atoms with Crippen molar-refractivity contribution in [3.05, 3.63) is 0 Å². The van der Waals surface area contributed by atoms with Crippen LogP contribution >= 0.6 is 0 Å². The third kappa shape index (κ3) is 8.44. The van der Waals surface area contributed by atoms with Crippen molar-refractivity contribution in [2.45, 2.75) is 39.2 Å². The molecule has 0 aromatic rings. The molecule has 0 aliphatic carbocycles. The molecular formula is C13H28N2O3. The van der Waals surface area contributed by atoms with Crippen molar-refractivity contribution < 1.29 is 14.6 Å². The Bertz CT molecular complexity index is 208. The monoisotopic (exact) mass is 260 g/mol. The number of rotatable bonds is 11. The lowest BCUT2D eigenvalue weighted by molar-refractivity contribution is -0.120. The van der Waals surface area contributed by atoms with Crippen LogP contribution in [0.25, 0.3) is 0 Å². The standard InChI is InChI=1S/C13H28N2O3/c1-4-11(5-2)12(16)9-14-10-13(17)15-7-6-8-18-3/h11-12,14,16H,4-10H2,1-3H3,(H,15,17). The van der Waals surface area contributed by atoms with Crippen LogP contribution in [0.15, 0.2) is 0 Å². The van der Waals surface area contributed by atoms with E-state index in [2.05, 4.69) is 24.5 Å². The summed E-state index contributed by atoms with van der Waals surface area (Å²) in [5, 5.41) is 15.6. The molecule has 0 aromatic heterocycles. The lowest BCUT2D eigenvalue weighted by atomic mass is 9.97. The zero-order valence-corrected chi connectivity index (χ0v) is 11.9. The summed E-state index contributed by atoms with van der Waals surface area (Å²) in [6, 6.07) is 0. The number of carbonyl (C=O) groups is 1. The molecule has 0 saturated carbocycles. The first-order valence-corrected chi connectivity index (χ1v) is 6.80. The Balaban J connectivity index is 3.55. The number of hydrogen-bond acceptors (Lipinski definition) is 4. The van der Waals surface area contributed by atoms with Crippen molar-refractivity contribution in [1.29, 1.82) is 0 Å². The molecule has 0 aliphatic heterocycles. The summed E-state index contributed by atoms with van der Waals surface area (Å²) in [5.41, 5.74) is 0. The molecule has 1 atom stereocenters. The molecule has 0 spiro atoms. The van der Waals surface area contributed by atoms with Crippen LogP contribution in [-0.4, -0.2) is 50.5 Å². The molecule has 0 bridgehead atoms. The largest absolute Gasteiger partial charge is 0.392 e. The van der Waals surface area contributed by atoms with Gasteiger partial charge in [-0.25, -0.2) is 0 Å². The van der Waals surface area contributed by atoms with E-state index in [9.17, 15) is 9.90 Å². The number of ether oxygens (including phenoxy) is 1. The van der Waals surface area contributed by atoms with Gasteiger partial charge in [-0.2, -0.15) is 0 Å². The lowest BCUT2D eigenvalue weighted by Crippen LogP contribution is -2.39. The molecule has 1 unspecified atom stereocenters. The van der Waals surface area contributed by atoms with Crippen molar-refractivity contribution in [2.24, 2.45) is 5.92 Å². The smallest absolute Gasteiger partial charge is 0.233 e. The van der Waals surface area contributed by atoms with Gasteiger partial charge in [0.25, 0.3) is 0 Å². The van der Waals surface area contributed by atoms with Gasteiger partial charge < -0.3 is 20.5 Å². The summed E-state index contributed by atoms with van der Waals surface area (Å²) in [5.74, 6) is 0.269. The summed E-state index contributed by atoms with van der Waals surface area (Å²) >= 11 is 0. The Hall–Kier alpha value is -0.650. The summed E-state index contributed by atoms with van der Waals surface area (Å²) in [6.07, 6.45) is 2.37. The Morgan fingerprint density at radius 1 is 1.33 bits per heavy atom. The minimum Gasteiger partial charge on any atom is -0.392 e. The fourth-order valence-corrected chi connectivity index (χ4v) is 1.84. The average molecular weight is 260 g/mol. The Labute approximate surface area is 110 Å². The minimum absolute atomic E-state index is 0.0390. The minimum atomic E-state index is -0.374. The van der Waals surface area contributed by atoms with E-state index in [1.54, 1.807) is 7.11 Å². The average Bonchev–Trinajstić information content (AvgIpc) is 2.36. The van der Waals surface area contributed by atoms with Crippen LogP contribution in [-0.2, 0) is 9.53 Å². The van der Waals surface area contributed by atoms with Gasteiger partial charge >= 0.3 is 0 Å². The second kappa shape index (κ2) is 11.4. The highest BCUT2D eigenvalue weighted by atomic mass is 16.5. The second-order valence-electron chi connectivity index (χ2n) is 4.47. The summed E-state index contributed by atoms with van der Waals surface area (Å²) in [6.45, 7) is 6.15. The highest BCUT2D eigenvalue weighted by Crippen LogP contribution is 2.11. The first-order chi connectivity index (χ1) is 8.65. The fraction of sp³-hybridized carbons (Fsp3) is 0.923. The molecule has 5 nitrogen and oxygen atoms in total. The molecule has 108 valence electrons. The maximum atomic E-state index is 11.4. The third-order valence-electron chi connectivity index (χ3n) is 3.08. The van der Waals surface area contributed by atoms with Crippen LogP contribution in [0.5, 0.6) is 0 Å². The SMILES string of the molecule is CCC(CC)C(O)CNCC(=O)NCCCOC. The van der Waals surface area contributed by atoms with Crippen LogP contribution < -0.4 is 10.6 Å². The highest BCUT2D eigenvalue weighted by molar-refractivity contribution is 5.77. The normalized spacial score (nSPS) is 12.7. The van der Waals surface area contributed by atoms with E-state index >= 15 is 0 Å². The summed E-state index contributed by atoms with van der Waals surface area (Å²) < 4.78 is 4.89. The topological polar surface area (TPSA) is 70.6 Å². The number of aliphatic hydroxyl groups excluding tert-OH is 1. The molecule has 0 aromatic carbocycles. The maximum absolute atomic E-state index is 11.4. The fourth-order valence-electron chi connectivity index (χ4n) is 1.84. The molecule has 5 heteroatoms. The van der Waals surface area contributed by atoms with Gasteiger partial charge in [-0.15, -0.1) is 0 Å². The van der Waals surface area contributed by atoms with E-state index in [1.165, 1.54) is 0 Å². The van der Waals surface area contributed by atoms with Crippen molar-refractivity contribution in [3.63, 3.8) is 0 Å². The molecule has 18 heavy (non-hydrogen) atoms. The van der Waals surface area contributed by atoms with E-state index in [0.29, 0.717) is 25.6 Å². The van der Waals surface area contributed by atoms with Crippen LogP contribution in [0.1, 0.15) is 33.1 Å². The zero-order valence-electron chi connectivity index (χ0n) is 11.9. The van der Waals surface area contributed by atoms with Gasteiger partial charge in [0.05, 0.1) is 12.6 Å². The quantitative estimate of drug-likeness (QED) is 0.474. The van der Waals surface area contributed by atoms with Crippen LogP contribution in [0.2, 0.25) is 0 Å². The van der Waals surface area contributed by atoms with Crippen LogP contribution in [0, 0.1) is 5.92 Å². The number of amides is 1. The predicted octanol–water partition coefficient (Wildman–Crippen LogP) is 0.526. The van der Waals surface area contributed by atoms with Gasteiger partial charge in [0, 0.05) is 26.8 Å². The second-order valence-corrected chi connectivity index (χ2v) is 4.47. The predicted molar refractivity (Wildman–Crippen MR) is 72.5 cm³/mol. The van der Waals surface area contributed by atoms with E-state index in [1.807, 2.05) is 0 Å². The van der Waals surface area contributed by atoms with E-state index in [0.717, 1.165) is 19.3 Å². The Morgan fingerprint density at radius 2 is 2.00 bits per heavy atom. The summed E-state index contributed by atoms with van der Waals surface area (Å²) in [7, 11) is 1.64. The number of carbonyl (C=O) groups excluding carboxylic acids is 1. The molecule has 0 radical (unpaired) electrons. The van der Waals surface area contributed by atoms with E-state index in [4.69, 9.17) is 4.74 Å². The lowest BCUT2D eigenvalue weighted by Gasteiger charge is -2.20. The Morgan fingerprint density at radius 3 is 2.56 bits per heavy atom. The van der Waals surface area contributed by atoms with E-state index in [-0.39, 0.29) is 18.6 Å². The van der Waals surface area contributed by atoms with Crippen molar-refractivity contribution in [3.8, 4) is 0 Å². The number of nitrogens with one attached hydrogen (secondary N) is 2. The molecule has 1 amide bonds. The highest BCUT2D eigenvalue weighted by Gasteiger charge is 2.14. The van der Waals surface area contributed by atoms with Crippen LogP contribution in [0.4, 0.5) is 0 Å². The number of methoxy groups -OCH3 is 1. The molecule has 0 saturated heterocycles. The van der Waals surface area contributed by atoms with E-state index < -0.39 is 0 Å². The van der Waals surface area contributed by atoms with Gasteiger partial charge in [0.1, 0.15) is 0 Å². The molecule has 0 rings (SSSR count). The van der Waals surface area contributed by atoms with Gasteiger partial charge in [-0.3, -0.25) is 4.79 Å². The van der Waals surface area contributed by atoms with Crippen molar-refractivity contribution >= 4 is 5.91 Å². The summed E-state index contributed by atoms with van der Waals surface area (Å²) in [4.78, 5) is 11.4. The maximum Gasteiger partial charge on any atom is 0.233 e. The third-order valence-corrected chi connectivity index (χ3v) is 3.08. The van der Waals surface area contributed by atoms with Gasteiger partial charge in [0.2, 0.25) is 5.91 Å². The number of aliphatic hydroxyl groups is 1. The first-order valence-electron chi connectivity index (χ1n) is 6.80. The molecule has 0 aliphatic rings.